The Hall–Kier alpha value is -0.0800. The zero-order valence-electron chi connectivity index (χ0n) is 13.1. The smallest absolute Gasteiger partial charge is 0.0195 e. The Balaban J connectivity index is 1.63. The highest BCUT2D eigenvalue weighted by Gasteiger charge is 2.41. The lowest BCUT2D eigenvalue weighted by Crippen LogP contribution is -2.45. The molecule has 1 saturated heterocycles. The lowest BCUT2D eigenvalue weighted by molar-refractivity contribution is 0.142. The van der Waals surface area contributed by atoms with Gasteiger partial charge in [-0.1, -0.05) is 20.8 Å². The zero-order chi connectivity index (χ0) is 13.5. The fourth-order valence-corrected chi connectivity index (χ4v) is 4.52. The maximum absolute atomic E-state index is 3.70. The molecule has 3 atom stereocenters. The second-order valence-corrected chi connectivity index (χ2v) is 8.31. The predicted molar refractivity (Wildman–Crippen MR) is 81.3 cm³/mol. The van der Waals surface area contributed by atoms with Gasteiger partial charge in [0.15, 0.2) is 0 Å². The molecule has 19 heavy (non-hydrogen) atoms. The molecule has 3 unspecified atom stereocenters. The Kier molecular flexibility index (Phi) is 3.92. The molecular formula is C17H32N2. The van der Waals surface area contributed by atoms with Gasteiger partial charge in [0.05, 0.1) is 0 Å². The van der Waals surface area contributed by atoms with Gasteiger partial charge in [0.1, 0.15) is 0 Å². The summed E-state index contributed by atoms with van der Waals surface area (Å²) >= 11 is 0. The highest BCUT2D eigenvalue weighted by Crippen LogP contribution is 2.44. The topological polar surface area (TPSA) is 15.3 Å². The van der Waals surface area contributed by atoms with Gasteiger partial charge in [0.25, 0.3) is 0 Å². The number of nitrogens with zero attached hydrogens (tertiary/aromatic N) is 1. The average Bonchev–Trinajstić information content (AvgIpc) is 2.89. The molecule has 110 valence electrons. The van der Waals surface area contributed by atoms with Crippen LogP contribution in [0, 0.1) is 17.3 Å². The van der Waals surface area contributed by atoms with Gasteiger partial charge >= 0.3 is 0 Å². The van der Waals surface area contributed by atoms with E-state index in [0.717, 1.165) is 23.9 Å². The van der Waals surface area contributed by atoms with Gasteiger partial charge in [0.2, 0.25) is 0 Å². The van der Waals surface area contributed by atoms with E-state index in [1.54, 1.807) is 0 Å². The Morgan fingerprint density at radius 1 is 1.11 bits per heavy atom. The Morgan fingerprint density at radius 2 is 1.89 bits per heavy atom. The SMILES string of the molecule is CC1CC(C)(C)CC1N(CC1CC1)CC1CCCN1. The maximum Gasteiger partial charge on any atom is 0.0195 e. The van der Waals surface area contributed by atoms with E-state index in [-0.39, 0.29) is 0 Å². The molecule has 2 heteroatoms. The van der Waals surface area contributed by atoms with Gasteiger partial charge in [-0.15, -0.1) is 0 Å². The van der Waals surface area contributed by atoms with Crippen LogP contribution in [0.3, 0.4) is 0 Å². The van der Waals surface area contributed by atoms with Crippen molar-refractivity contribution in [3.05, 3.63) is 0 Å². The van der Waals surface area contributed by atoms with Crippen molar-refractivity contribution in [1.82, 2.24) is 10.2 Å². The number of nitrogens with one attached hydrogen (secondary N) is 1. The van der Waals surface area contributed by atoms with Crippen LogP contribution in [-0.4, -0.2) is 36.6 Å². The molecule has 1 N–H and O–H groups in total. The van der Waals surface area contributed by atoms with Gasteiger partial charge < -0.3 is 5.32 Å². The van der Waals surface area contributed by atoms with Crippen LogP contribution in [0.5, 0.6) is 0 Å². The Morgan fingerprint density at radius 3 is 2.42 bits per heavy atom. The van der Waals surface area contributed by atoms with Crippen molar-refractivity contribution >= 4 is 0 Å². The number of hydrogen-bond donors (Lipinski definition) is 1. The second kappa shape index (κ2) is 5.37. The molecule has 0 aromatic carbocycles. The van der Waals surface area contributed by atoms with Crippen molar-refractivity contribution in [2.75, 3.05) is 19.6 Å². The summed E-state index contributed by atoms with van der Waals surface area (Å²) in [6.45, 7) is 11.3. The fourth-order valence-electron chi connectivity index (χ4n) is 4.52. The molecule has 0 amide bonds. The minimum Gasteiger partial charge on any atom is -0.313 e. The summed E-state index contributed by atoms with van der Waals surface area (Å²) in [5.74, 6) is 1.91. The molecule has 2 aliphatic carbocycles. The molecule has 1 aliphatic heterocycles. The molecule has 0 aromatic heterocycles. The standard InChI is InChI=1S/C17H32N2/c1-13-9-17(2,3)10-16(13)19(11-14-6-7-14)12-15-5-4-8-18-15/h13-16,18H,4-12H2,1-3H3. The molecule has 3 fully saturated rings. The fraction of sp³-hybridized carbons (Fsp3) is 1.00. The van der Waals surface area contributed by atoms with Crippen molar-refractivity contribution in [3.63, 3.8) is 0 Å². The van der Waals surface area contributed by atoms with Crippen LogP contribution >= 0.6 is 0 Å². The minimum absolute atomic E-state index is 0.564. The first-order chi connectivity index (χ1) is 9.03. The molecule has 1 heterocycles. The van der Waals surface area contributed by atoms with Crippen LogP contribution in [0.1, 0.15) is 59.3 Å². The lowest BCUT2D eigenvalue weighted by Gasteiger charge is -2.34. The molecule has 0 spiro atoms. The second-order valence-electron chi connectivity index (χ2n) is 8.31. The first-order valence-electron chi connectivity index (χ1n) is 8.51. The van der Waals surface area contributed by atoms with E-state index < -0.39 is 0 Å². The van der Waals surface area contributed by atoms with Gasteiger partial charge in [-0.2, -0.15) is 0 Å². The molecular weight excluding hydrogens is 232 g/mol. The third-order valence-corrected chi connectivity index (χ3v) is 5.57. The summed E-state index contributed by atoms with van der Waals surface area (Å²) in [6, 6.07) is 1.62. The van der Waals surface area contributed by atoms with E-state index in [2.05, 4.69) is 31.0 Å². The monoisotopic (exact) mass is 264 g/mol. The maximum atomic E-state index is 3.70. The van der Waals surface area contributed by atoms with E-state index in [1.807, 2.05) is 0 Å². The Labute approximate surface area is 119 Å². The van der Waals surface area contributed by atoms with E-state index >= 15 is 0 Å². The first kappa shape index (κ1) is 13.9. The van der Waals surface area contributed by atoms with Gasteiger partial charge in [0, 0.05) is 25.2 Å². The van der Waals surface area contributed by atoms with E-state index in [1.165, 1.54) is 58.2 Å². The molecule has 3 aliphatic rings. The van der Waals surface area contributed by atoms with Gasteiger partial charge in [-0.3, -0.25) is 4.90 Å². The number of rotatable bonds is 5. The molecule has 2 saturated carbocycles. The third-order valence-electron chi connectivity index (χ3n) is 5.57. The first-order valence-corrected chi connectivity index (χ1v) is 8.51. The van der Waals surface area contributed by atoms with Gasteiger partial charge in [-0.25, -0.2) is 0 Å². The summed E-state index contributed by atoms with van der Waals surface area (Å²) < 4.78 is 0. The predicted octanol–water partition coefficient (Wildman–Crippen LogP) is 3.28. The molecule has 0 radical (unpaired) electrons. The summed E-state index contributed by atoms with van der Waals surface area (Å²) in [5.41, 5.74) is 0.564. The van der Waals surface area contributed by atoms with Crippen molar-refractivity contribution in [2.24, 2.45) is 17.3 Å². The zero-order valence-corrected chi connectivity index (χ0v) is 13.1. The third kappa shape index (κ3) is 3.52. The minimum atomic E-state index is 0.564. The summed E-state index contributed by atoms with van der Waals surface area (Å²) in [4.78, 5) is 2.88. The van der Waals surface area contributed by atoms with Crippen molar-refractivity contribution in [1.29, 1.82) is 0 Å². The van der Waals surface area contributed by atoms with E-state index in [0.29, 0.717) is 5.41 Å². The number of hydrogen-bond acceptors (Lipinski definition) is 2. The Bertz CT molecular complexity index is 302. The molecule has 2 nitrogen and oxygen atoms in total. The van der Waals surface area contributed by atoms with Crippen LogP contribution < -0.4 is 5.32 Å². The molecule has 0 aromatic rings. The summed E-state index contributed by atoms with van der Waals surface area (Å²) in [6.07, 6.45) is 8.57. The van der Waals surface area contributed by atoms with Crippen LogP contribution in [0.15, 0.2) is 0 Å². The quantitative estimate of drug-likeness (QED) is 0.820. The van der Waals surface area contributed by atoms with Crippen molar-refractivity contribution in [2.45, 2.75) is 71.4 Å². The van der Waals surface area contributed by atoms with Crippen LogP contribution in [-0.2, 0) is 0 Å². The summed E-state index contributed by atoms with van der Waals surface area (Å²) in [7, 11) is 0. The highest BCUT2D eigenvalue weighted by molar-refractivity contribution is 4.95. The largest absolute Gasteiger partial charge is 0.313 e. The summed E-state index contributed by atoms with van der Waals surface area (Å²) in [5, 5.41) is 3.70. The van der Waals surface area contributed by atoms with Gasteiger partial charge in [-0.05, 0) is 62.3 Å². The molecule has 3 rings (SSSR count). The van der Waals surface area contributed by atoms with Crippen LogP contribution in [0.4, 0.5) is 0 Å². The lowest BCUT2D eigenvalue weighted by atomic mass is 9.91. The van der Waals surface area contributed by atoms with Crippen LogP contribution in [0.2, 0.25) is 0 Å². The van der Waals surface area contributed by atoms with Crippen molar-refractivity contribution < 1.29 is 0 Å². The normalized spacial score (nSPS) is 38.2. The van der Waals surface area contributed by atoms with E-state index in [9.17, 15) is 0 Å². The van der Waals surface area contributed by atoms with Crippen LogP contribution in [0.25, 0.3) is 0 Å². The average molecular weight is 264 g/mol. The van der Waals surface area contributed by atoms with E-state index in [4.69, 9.17) is 0 Å². The van der Waals surface area contributed by atoms with Crippen molar-refractivity contribution in [3.8, 4) is 0 Å². The highest BCUT2D eigenvalue weighted by atomic mass is 15.2. The molecule has 0 bridgehead atoms.